The highest BCUT2D eigenvalue weighted by Crippen LogP contribution is 2.26. The molecule has 2 N–H and O–H groups in total. The maximum Gasteiger partial charge on any atom is 0.317 e. The van der Waals surface area contributed by atoms with Crippen molar-refractivity contribution in [2.75, 3.05) is 40.3 Å². The minimum absolute atomic E-state index is 0.0165. The van der Waals surface area contributed by atoms with Crippen LogP contribution in [0.25, 0.3) is 0 Å². The molecule has 0 bridgehead atoms. The summed E-state index contributed by atoms with van der Waals surface area (Å²) in [5.41, 5.74) is 0.488. The Morgan fingerprint density at radius 1 is 1.21 bits per heavy atom. The lowest BCUT2D eigenvalue weighted by atomic mass is 9.85. The number of rotatable bonds is 10. The first kappa shape index (κ1) is 22.1. The molecule has 1 aromatic carbocycles. The Hall–Kier alpha value is -2.19. The van der Waals surface area contributed by atoms with Crippen molar-refractivity contribution in [2.45, 2.75) is 38.4 Å². The topological polar surface area (TPSA) is 76.1 Å². The molecule has 2 amide bonds. The van der Waals surface area contributed by atoms with Gasteiger partial charge in [-0.1, -0.05) is 25.1 Å². The molecule has 0 spiro atoms. The zero-order valence-electron chi connectivity index (χ0n) is 16.9. The first-order valence-corrected chi connectivity index (χ1v) is 9.69. The van der Waals surface area contributed by atoms with E-state index >= 15 is 0 Å². The molecule has 156 valence electrons. The maximum atomic E-state index is 14.0. The Morgan fingerprint density at radius 3 is 2.46 bits per heavy atom. The Balaban J connectivity index is 1.92. The van der Waals surface area contributed by atoms with Crippen LogP contribution in [0.5, 0.6) is 0 Å². The smallest absolute Gasteiger partial charge is 0.317 e. The van der Waals surface area contributed by atoms with Crippen molar-refractivity contribution in [1.82, 2.24) is 20.0 Å². The van der Waals surface area contributed by atoms with Crippen LogP contribution in [-0.2, 0) is 11.3 Å². The van der Waals surface area contributed by atoms with Gasteiger partial charge in [-0.3, -0.25) is 9.69 Å². The van der Waals surface area contributed by atoms with Crippen LogP contribution >= 0.6 is 0 Å². The van der Waals surface area contributed by atoms with Gasteiger partial charge >= 0.3 is 12.0 Å². The highest BCUT2D eigenvalue weighted by atomic mass is 19.1. The van der Waals surface area contributed by atoms with Crippen LogP contribution in [0.1, 0.15) is 25.3 Å². The van der Waals surface area contributed by atoms with Crippen molar-refractivity contribution in [2.24, 2.45) is 0 Å². The lowest BCUT2D eigenvalue weighted by molar-refractivity contribution is -0.139. The molecule has 28 heavy (non-hydrogen) atoms. The van der Waals surface area contributed by atoms with Gasteiger partial charge in [-0.2, -0.15) is 0 Å². The van der Waals surface area contributed by atoms with Crippen molar-refractivity contribution < 1.29 is 19.1 Å². The van der Waals surface area contributed by atoms with Crippen LogP contribution in [0.2, 0.25) is 0 Å². The van der Waals surface area contributed by atoms with Crippen LogP contribution in [-0.4, -0.2) is 84.2 Å². The van der Waals surface area contributed by atoms with Crippen LogP contribution < -0.4 is 5.32 Å². The second-order valence-electron chi connectivity index (χ2n) is 7.54. The number of likely N-dealkylation sites (N-methyl/N-ethyl adjacent to an activating group) is 2. The number of carboxylic acid groups (broad SMARTS) is 1. The fourth-order valence-electron chi connectivity index (χ4n) is 3.35. The number of aliphatic carboxylic acids is 1. The summed E-state index contributed by atoms with van der Waals surface area (Å²) in [4.78, 5) is 29.2. The molecule has 0 heterocycles. The molecule has 1 aliphatic carbocycles. The van der Waals surface area contributed by atoms with Gasteiger partial charge < -0.3 is 20.2 Å². The van der Waals surface area contributed by atoms with E-state index in [4.69, 9.17) is 5.11 Å². The summed E-state index contributed by atoms with van der Waals surface area (Å²) in [6, 6.07) is 6.46. The summed E-state index contributed by atoms with van der Waals surface area (Å²) in [5, 5.41) is 12.0. The predicted octanol–water partition coefficient (Wildman–Crippen LogP) is 1.84. The zero-order chi connectivity index (χ0) is 20.7. The second-order valence-corrected chi connectivity index (χ2v) is 7.54. The Bertz CT molecular complexity index is 665. The molecule has 0 atom stereocenters. The van der Waals surface area contributed by atoms with Crippen molar-refractivity contribution in [3.05, 3.63) is 35.6 Å². The number of nitrogens with one attached hydrogen (secondary N) is 1. The number of carboxylic acids is 1. The third kappa shape index (κ3) is 6.45. The van der Waals surface area contributed by atoms with Gasteiger partial charge in [-0.25, -0.2) is 9.18 Å². The molecular formula is C20H31FN4O3. The van der Waals surface area contributed by atoms with E-state index in [0.29, 0.717) is 25.2 Å². The van der Waals surface area contributed by atoms with Gasteiger partial charge in [0.15, 0.2) is 0 Å². The predicted molar refractivity (Wildman–Crippen MR) is 106 cm³/mol. The number of carbonyl (C=O) groups excluding carboxylic acids is 1. The van der Waals surface area contributed by atoms with Gasteiger partial charge in [0.1, 0.15) is 5.82 Å². The lowest BCUT2D eigenvalue weighted by Gasteiger charge is -2.42. The summed E-state index contributed by atoms with van der Waals surface area (Å²) < 4.78 is 14.0. The van der Waals surface area contributed by atoms with Crippen LogP contribution in [0.15, 0.2) is 24.3 Å². The first-order valence-electron chi connectivity index (χ1n) is 9.69. The summed E-state index contributed by atoms with van der Waals surface area (Å²) in [5.74, 6) is -1.16. The fourth-order valence-corrected chi connectivity index (χ4v) is 3.35. The number of hydrogen-bond donors (Lipinski definition) is 2. The van der Waals surface area contributed by atoms with Crippen LogP contribution in [0, 0.1) is 5.82 Å². The molecule has 0 saturated heterocycles. The van der Waals surface area contributed by atoms with E-state index in [-0.39, 0.29) is 37.0 Å². The lowest BCUT2D eigenvalue weighted by Crippen LogP contribution is -2.57. The Morgan fingerprint density at radius 2 is 1.89 bits per heavy atom. The van der Waals surface area contributed by atoms with Crippen molar-refractivity contribution in [3.63, 3.8) is 0 Å². The van der Waals surface area contributed by atoms with Gasteiger partial charge in [0, 0.05) is 30.7 Å². The van der Waals surface area contributed by atoms with E-state index in [1.807, 2.05) is 30.8 Å². The minimum Gasteiger partial charge on any atom is -0.480 e. The molecule has 1 fully saturated rings. The van der Waals surface area contributed by atoms with Gasteiger partial charge in [0.25, 0.3) is 0 Å². The largest absolute Gasteiger partial charge is 0.480 e. The third-order valence-electron chi connectivity index (χ3n) is 5.13. The molecule has 0 unspecified atom stereocenters. The number of hydrogen-bond acceptors (Lipinski definition) is 4. The number of urea groups is 1. The highest BCUT2D eigenvalue weighted by molar-refractivity contribution is 5.74. The van der Waals surface area contributed by atoms with E-state index in [9.17, 15) is 14.0 Å². The molecular weight excluding hydrogens is 363 g/mol. The van der Waals surface area contributed by atoms with E-state index < -0.39 is 5.97 Å². The second kappa shape index (κ2) is 10.4. The highest BCUT2D eigenvalue weighted by Gasteiger charge is 2.35. The summed E-state index contributed by atoms with van der Waals surface area (Å²) in [6.45, 7) is 4.00. The minimum atomic E-state index is -0.839. The molecule has 0 aliphatic heterocycles. The Labute approximate surface area is 166 Å². The van der Waals surface area contributed by atoms with Crippen molar-refractivity contribution in [3.8, 4) is 0 Å². The Kier molecular flexibility index (Phi) is 8.19. The summed E-state index contributed by atoms with van der Waals surface area (Å²) in [7, 11) is 3.86. The summed E-state index contributed by atoms with van der Waals surface area (Å²) in [6.07, 6.45) is 1.46. The van der Waals surface area contributed by atoms with Gasteiger partial charge in [0.05, 0.1) is 13.1 Å². The van der Waals surface area contributed by atoms with Crippen LogP contribution in [0.3, 0.4) is 0 Å². The van der Waals surface area contributed by atoms with E-state index in [1.165, 1.54) is 6.07 Å². The normalized spacial score (nSPS) is 18.8. The third-order valence-corrected chi connectivity index (χ3v) is 5.13. The quantitative estimate of drug-likeness (QED) is 0.633. The maximum absolute atomic E-state index is 14.0. The molecule has 1 aliphatic rings. The van der Waals surface area contributed by atoms with Gasteiger partial charge in [0.2, 0.25) is 0 Å². The fraction of sp³-hybridized carbons (Fsp3) is 0.600. The van der Waals surface area contributed by atoms with E-state index in [2.05, 4.69) is 5.32 Å². The molecule has 0 radical (unpaired) electrons. The SMILES string of the molecule is CCN(CC(=O)O)C1CC(NC(=O)N(CCN(C)C)Cc2ccccc2F)C1. The van der Waals surface area contributed by atoms with Gasteiger partial charge in [-0.05, 0) is 39.5 Å². The molecule has 1 aromatic rings. The number of nitrogens with zero attached hydrogens (tertiary/aromatic N) is 3. The van der Waals surface area contributed by atoms with Gasteiger partial charge in [-0.15, -0.1) is 0 Å². The van der Waals surface area contributed by atoms with E-state index in [0.717, 1.165) is 12.8 Å². The number of amides is 2. The van der Waals surface area contributed by atoms with Crippen molar-refractivity contribution >= 4 is 12.0 Å². The molecule has 2 rings (SSSR count). The molecule has 7 nitrogen and oxygen atoms in total. The number of benzene rings is 1. The molecule has 0 aromatic heterocycles. The van der Waals surface area contributed by atoms with Crippen LogP contribution in [0.4, 0.5) is 9.18 Å². The molecule has 1 saturated carbocycles. The number of carbonyl (C=O) groups is 2. The average molecular weight is 394 g/mol. The summed E-state index contributed by atoms with van der Waals surface area (Å²) >= 11 is 0. The monoisotopic (exact) mass is 394 g/mol. The molecule has 8 heteroatoms. The number of halogens is 1. The van der Waals surface area contributed by atoms with Crippen molar-refractivity contribution in [1.29, 1.82) is 0 Å². The zero-order valence-corrected chi connectivity index (χ0v) is 16.9. The van der Waals surface area contributed by atoms with E-state index in [1.54, 1.807) is 23.1 Å². The standard InChI is InChI=1S/C20H31FN4O3/c1-4-24(14-19(26)27)17-11-16(12-17)22-20(28)25(10-9-23(2)3)13-15-7-5-6-8-18(15)21/h5-8,16-17H,4,9-14H2,1-3H3,(H,22,28)(H,26,27). The average Bonchev–Trinajstić information content (AvgIpc) is 2.60. The first-order chi connectivity index (χ1) is 13.3.